The van der Waals surface area contributed by atoms with E-state index in [1.165, 1.54) is 29.8 Å². The second-order valence-corrected chi connectivity index (χ2v) is 6.78. The Bertz CT molecular complexity index is 942. The number of nitro groups is 2. The number of hydrogen-bond donors (Lipinski definition) is 0. The Morgan fingerprint density at radius 1 is 0.724 bits per heavy atom. The van der Waals surface area contributed by atoms with Crippen LogP contribution in [0, 0.1) is 20.2 Å². The minimum atomic E-state index is -0.444. The molecular weight excluding hydrogens is 370 g/mol. The van der Waals surface area contributed by atoms with Gasteiger partial charge < -0.3 is 4.90 Å². The predicted molar refractivity (Wildman–Crippen MR) is 113 cm³/mol. The van der Waals surface area contributed by atoms with Crippen LogP contribution in [0.25, 0.3) is 0 Å². The molecular formula is C22H21N3O4. The van der Waals surface area contributed by atoms with Crippen LogP contribution < -0.4 is 4.90 Å². The lowest BCUT2D eigenvalue weighted by Gasteiger charge is -2.25. The van der Waals surface area contributed by atoms with Crippen molar-refractivity contribution < 1.29 is 9.85 Å². The summed E-state index contributed by atoms with van der Waals surface area (Å²) < 4.78 is 0. The van der Waals surface area contributed by atoms with Crippen LogP contribution in [0.2, 0.25) is 0 Å². The van der Waals surface area contributed by atoms with Crippen molar-refractivity contribution in [2.75, 3.05) is 4.90 Å². The Morgan fingerprint density at radius 2 is 1.07 bits per heavy atom. The number of rotatable bonds is 7. The van der Waals surface area contributed by atoms with Crippen LogP contribution in [0.4, 0.5) is 28.4 Å². The zero-order valence-electron chi connectivity index (χ0n) is 16.2. The standard InChI is InChI=1S/C22H21N3O4/c1-3-16(2)17-4-6-18(7-5-17)23(19-8-12-21(13-9-19)24(26)27)20-10-14-22(15-11-20)25(28)29/h4-16H,3H2,1-2H3. The Labute approximate surface area is 168 Å². The van der Waals surface area contributed by atoms with Crippen LogP contribution in [-0.4, -0.2) is 9.85 Å². The third-order valence-electron chi connectivity index (χ3n) is 4.97. The molecule has 3 aromatic carbocycles. The highest BCUT2D eigenvalue weighted by atomic mass is 16.6. The molecule has 0 aliphatic carbocycles. The molecule has 0 aromatic heterocycles. The summed E-state index contributed by atoms with van der Waals surface area (Å²) in [7, 11) is 0. The smallest absolute Gasteiger partial charge is 0.269 e. The van der Waals surface area contributed by atoms with Crippen molar-refractivity contribution in [3.8, 4) is 0 Å². The van der Waals surface area contributed by atoms with Crippen molar-refractivity contribution in [1.82, 2.24) is 0 Å². The molecule has 0 heterocycles. The highest BCUT2D eigenvalue weighted by Gasteiger charge is 2.16. The third-order valence-corrected chi connectivity index (χ3v) is 4.97. The number of nitro benzene ring substituents is 2. The summed E-state index contributed by atoms with van der Waals surface area (Å²) in [5.41, 5.74) is 3.54. The van der Waals surface area contributed by atoms with Gasteiger partial charge in [0.15, 0.2) is 0 Å². The van der Waals surface area contributed by atoms with Gasteiger partial charge in [-0.3, -0.25) is 20.2 Å². The summed E-state index contributed by atoms with van der Waals surface area (Å²) in [4.78, 5) is 23.0. The largest absolute Gasteiger partial charge is 0.310 e. The molecule has 0 N–H and O–H groups in total. The molecule has 3 aromatic rings. The Balaban J connectivity index is 2.05. The molecule has 0 amide bonds. The van der Waals surface area contributed by atoms with Crippen molar-refractivity contribution in [2.45, 2.75) is 26.2 Å². The number of nitrogens with zero attached hydrogens (tertiary/aromatic N) is 3. The van der Waals surface area contributed by atoms with Crippen LogP contribution in [0.3, 0.4) is 0 Å². The third kappa shape index (κ3) is 4.40. The van der Waals surface area contributed by atoms with E-state index in [9.17, 15) is 20.2 Å². The van der Waals surface area contributed by atoms with Crippen molar-refractivity contribution in [1.29, 1.82) is 0 Å². The van der Waals surface area contributed by atoms with E-state index in [-0.39, 0.29) is 11.4 Å². The zero-order valence-corrected chi connectivity index (χ0v) is 16.2. The molecule has 0 bridgehead atoms. The molecule has 1 atom stereocenters. The molecule has 0 saturated heterocycles. The monoisotopic (exact) mass is 391 g/mol. The molecule has 0 saturated carbocycles. The maximum Gasteiger partial charge on any atom is 0.269 e. The van der Waals surface area contributed by atoms with Crippen LogP contribution in [0.15, 0.2) is 72.8 Å². The van der Waals surface area contributed by atoms with Crippen LogP contribution in [0.5, 0.6) is 0 Å². The fraction of sp³-hybridized carbons (Fsp3) is 0.182. The van der Waals surface area contributed by atoms with E-state index in [1.54, 1.807) is 24.3 Å². The molecule has 0 aliphatic heterocycles. The van der Waals surface area contributed by atoms with Gasteiger partial charge in [0.05, 0.1) is 9.85 Å². The first kappa shape index (κ1) is 20.0. The fourth-order valence-corrected chi connectivity index (χ4v) is 3.08. The quantitative estimate of drug-likeness (QED) is 0.339. The van der Waals surface area contributed by atoms with Crippen LogP contribution in [0.1, 0.15) is 31.7 Å². The van der Waals surface area contributed by atoms with Gasteiger partial charge in [-0.05, 0) is 54.3 Å². The van der Waals surface area contributed by atoms with Crippen LogP contribution in [-0.2, 0) is 0 Å². The van der Waals surface area contributed by atoms with E-state index in [0.717, 1.165) is 23.5 Å². The molecule has 0 aliphatic rings. The first-order valence-electron chi connectivity index (χ1n) is 9.29. The number of anilines is 3. The Hall–Kier alpha value is -3.74. The zero-order chi connectivity index (χ0) is 21.0. The van der Waals surface area contributed by atoms with Crippen molar-refractivity contribution in [3.63, 3.8) is 0 Å². The minimum Gasteiger partial charge on any atom is -0.310 e. The summed E-state index contributed by atoms with van der Waals surface area (Å²) in [6, 6.07) is 20.6. The van der Waals surface area contributed by atoms with E-state index < -0.39 is 9.85 Å². The Morgan fingerprint density at radius 3 is 1.38 bits per heavy atom. The lowest BCUT2D eigenvalue weighted by atomic mass is 9.98. The summed E-state index contributed by atoms with van der Waals surface area (Å²) in [5, 5.41) is 22.0. The van der Waals surface area contributed by atoms with Crippen molar-refractivity contribution in [3.05, 3.63) is 98.6 Å². The van der Waals surface area contributed by atoms with E-state index in [4.69, 9.17) is 0 Å². The molecule has 0 spiro atoms. The summed E-state index contributed by atoms with van der Waals surface area (Å²) >= 11 is 0. The van der Waals surface area contributed by atoms with Gasteiger partial charge in [0, 0.05) is 41.3 Å². The topological polar surface area (TPSA) is 89.5 Å². The van der Waals surface area contributed by atoms with Gasteiger partial charge in [0.1, 0.15) is 0 Å². The van der Waals surface area contributed by atoms with E-state index in [0.29, 0.717) is 5.92 Å². The van der Waals surface area contributed by atoms with Gasteiger partial charge in [0.25, 0.3) is 11.4 Å². The average Bonchev–Trinajstić information content (AvgIpc) is 2.74. The van der Waals surface area contributed by atoms with Crippen LogP contribution >= 0.6 is 0 Å². The maximum absolute atomic E-state index is 11.0. The van der Waals surface area contributed by atoms with Gasteiger partial charge in [-0.25, -0.2) is 0 Å². The van der Waals surface area contributed by atoms with Crippen molar-refractivity contribution in [2.24, 2.45) is 0 Å². The molecule has 7 heteroatoms. The fourth-order valence-electron chi connectivity index (χ4n) is 3.08. The maximum atomic E-state index is 11.0. The second kappa shape index (κ2) is 8.52. The molecule has 3 rings (SSSR count). The van der Waals surface area contributed by atoms with E-state index >= 15 is 0 Å². The first-order valence-corrected chi connectivity index (χ1v) is 9.29. The first-order chi connectivity index (χ1) is 13.9. The SMILES string of the molecule is CCC(C)c1ccc(N(c2ccc([N+](=O)[O-])cc2)c2ccc([N+](=O)[O-])cc2)cc1. The Kier molecular flexibility index (Phi) is 5.87. The van der Waals surface area contributed by atoms with Gasteiger partial charge in [0.2, 0.25) is 0 Å². The molecule has 29 heavy (non-hydrogen) atoms. The highest BCUT2D eigenvalue weighted by molar-refractivity contribution is 5.77. The van der Waals surface area contributed by atoms with Crippen molar-refractivity contribution >= 4 is 28.4 Å². The number of hydrogen-bond acceptors (Lipinski definition) is 5. The molecule has 7 nitrogen and oxygen atoms in total. The minimum absolute atomic E-state index is 0.00418. The van der Waals surface area contributed by atoms with E-state index in [1.807, 2.05) is 17.0 Å². The molecule has 1 unspecified atom stereocenters. The average molecular weight is 391 g/mol. The van der Waals surface area contributed by atoms with Gasteiger partial charge in [-0.2, -0.15) is 0 Å². The summed E-state index contributed by atoms with van der Waals surface area (Å²) in [6.45, 7) is 4.30. The number of non-ortho nitro benzene ring substituents is 2. The normalized spacial score (nSPS) is 11.7. The summed E-state index contributed by atoms with van der Waals surface area (Å²) in [6.07, 6.45) is 1.04. The van der Waals surface area contributed by atoms with E-state index in [2.05, 4.69) is 26.0 Å². The lowest BCUT2D eigenvalue weighted by molar-refractivity contribution is -0.385. The highest BCUT2D eigenvalue weighted by Crippen LogP contribution is 2.36. The number of benzene rings is 3. The van der Waals surface area contributed by atoms with Gasteiger partial charge >= 0.3 is 0 Å². The van der Waals surface area contributed by atoms with Gasteiger partial charge in [-0.1, -0.05) is 26.0 Å². The second-order valence-electron chi connectivity index (χ2n) is 6.78. The molecule has 0 radical (unpaired) electrons. The molecule has 148 valence electrons. The predicted octanol–water partition coefficient (Wildman–Crippen LogP) is 6.49. The lowest BCUT2D eigenvalue weighted by Crippen LogP contribution is -2.10. The molecule has 0 fully saturated rings. The summed E-state index contributed by atoms with van der Waals surface area (Å²) in [5.74, 6) is 0.441. The van der Waals surface area contributed by atoms with Gasteiger partial charge in [-0.15, -0.1) is 0 Å².